The number of hydrogen-bond acceptors (Lipinski definition) is 11. The Morgan fingerprint density at radius 2 is 1.96 bits per heavy atom. The number of methoxy groups -OCH3 is 1. The maximum Gasteiger partial charge on any atom is 0.259 e. The van der Waals surface area contributed by atoms with Gasteiger partial charge in [-0.3, -0.25) is 19.1 Å². The monoisotopic (exact) mass is 765 g/mol. The number of thiazole rings is 1. The first kappa shape index (κ1) is 37.2. The second-order valence-corrected chi connectivity index (χ2v) is 17.7. The number of carbonyl (C=O) groups excluding carboxylic acids is 3. The SMILES string of the molecule is COc1ccc2c(O[C@@H]3C[C@H]4C(=O)N[C@]5(C(=O)NS(=O)(=O)C6CC6)C[C@H]5/C=C\CCCCO[C@@H](C)C(=O)N4C3)cc(-c3nc(C(C)C)cs3)nc2c1C. The van der Waals surface area contributed by atoms with Crippen molar-refractivity contribution in [1.82, 2.24) is 24.9 Å². The Balaban J connectivity index is 1.21. The molecule has 0 radical (unpaired) electrons. The van der Waals surface area contributed by atoms with Gasteiger partial charge in [0.2, 0.25) is 15.9 Å². The van der Waals surface area contributed by atoms with Gasteiger partial charge in [-0.05, 0) is 70.4 Å². The summed E-state index contributed by atoms with van der Waals surface area (Å²) in [4.78, 5) is 53.2. The van der Waals surface area contributed by atoms with Crippen molar-refractivity contribution in [2.45, 2.75) is 108 Å². The molecule has 2 N–H and O–H groups in total. The molecule has 5 atom stereocenters. The van der Waals surface area contributed by atoms with Gasteiger partial charge in [0.1, 0.15) is 46.0 Å². The topological polar surface area (TPSA) is 166 Å². The lowest BCUT2D eigenvalue weighted by atomic mass is 10.1. The summed E-state index contributed by atoms with van der Waals surface area (Å²) in [7, 11) is -2.24. The number of pyridine rings is 1. The lowest BCUT2D eigenvalue weighted by Gasteiger charge is -2.28. The van der Waals surface area contributed by atoms with Gasteiger partial charge >= 0.3 is 0 Å². The second-order valence-electron chi connectivity index (χ2n) is 14.9. The zero-order chi connectivity index (χ0) is 37.7. The number of amides is 3. The smallest absolute Gasteiger partial charge is 0.259 e. The number of nitrogens with zero attached hydrogens (tertiary/aromatic N) is 3. The van der Waals surface area contributed by atoms with Crippen molar-refractivity contribution < 1.29 is 37.0 Å². The number of hydrogen-bond donors (Lipinski definition) is 2. The summed E-state index contributed by atoms with van der Waals surface area (Å²) < 4.78 is 46.1. The first-order chi connectivity index (χ1) is 25.3. The second kappa shape index (κ2) is 14.6. The Labute approximate surface area is 313 Å². The molecule has 1 saturated heterocycles. The Bertz CT molecular complexity index is 2060. The van der Waals surface area contributed by atoms with Crippen LogP contribution in [0.5, 0.6) is 11.5 Å². The van der Waals surface area contributed by atoms with Gasteiger partial charge < -0.3 is 24.4 Å². The molecule has 0 unspecified atom stereocenters. The fourth-order valence-electron chi connectivity index (χ4n) is 7.19. The average Bonchev–Trinajstić information content (AvgIpc) is 4.00. The number of carbonyl (C=O) groups is 3. The van der Waals surface area contributed by atoms with Crippen LogP contribution in [-0.2, 0) is 29.1 Å². The standard InChI is InChI=1S/C38H47N5O8S2/c1-21(2)29-20-52-35(40-29)28-17-32(27-13-14-31(49-5)22(3)33(27)39-28)51-25-16-30-34(44)41-38(37(46)42-53(47,48)26-11-12-26)18-24(38)10-8-6-7-9-15-50-23(4)36(45)43(30)19-25/h8,10,13-14,17,20-21,23-26,30H,6-7,9,11-12,15-16,18-19H2,1-5H3,(H,41,44)(H,42,46)/b10-8-/t23-,24+,25+,30-,38+/m0/s1. The van der Waals surface area contributed by atoms with E-state index in [0.29, 0.717) is 42.2 Å². The van der Waals surface area contributed by atoms with Gasteiger partial charge in [-0.25, -0.2) is 18.4 Å². The molecular formula is C38H47N5O8S2. The summed E-state index contributed by atoms with van der Waals surface area (Å²) in [5, 5.41) is 5.82. The zero-order valence-corrected chi connectivity index (χ0v) is 32.3. The highest BCUT2D eigenvalue weighted by molar-refractivity contribution is 7.91. The largest absolute Gasteiger partial charge is 0.496 e. The van der Waals surface area contributed by atoms with Crippen molar-refractivity contribution in [2.75, 3.05) is 20.3 Å². The lowest BCUT2D eigenvalue weighted by Crippen LogP contribution is -2.57. The molecule has 3 amide bonds. The fraction of sp³-hybridized carbons (Fsp3) is 0.553. The summed E-state index contributed by atoms with van der Waals surface area (Å²) in [5.74, 6) is -0.608. The highest BCUT2D eigenvalue weighted by Gasteiger charge is 2.62. The number of ether oxygens (including phenoxy) is 3. The molecule has 4 aliphatic rings. The number of sulfonamides is 1. The summed E-state index contributed by atoms with van der Waals surface area (Å²) in [6, 6.07) is 4.59. The molecule has 2 aromatic heterocycles. The van der Waals surface area contributed by atoms with Crippen LogP contribution < -0.4 is 19.5 Å². The molecule has 284 valence electrons. The Morgan fingerprint density at radius 3 is 2.68 bits per heavy atom. The van der Waals surface area contributed by atoms with E-state index >= 15 is 0 Å². The first-order valence-electron chi connectivity index (χ1n) is 18.4. The molecule has 2 saturated carbocycles. The molecule has 0 bridgehead atoms. The number of allylic oxidation sites excluding steroid dienone is 1. The van der Waals surface area contributed by atoms with Crippen LogP contribution in [0.1, 0.15) is 82.9 Å². The third kappa shape index (κ3) is 7.52. The van der Waals surface area contributed by atoms with E-state index in [1.54, 1.807) is 14.0 Å². The molecular weight excluding hydrogens is 719 g/mol. The minimum atomic E-state index is -3.85. The summed E-state index contributed by atoms with van der Waals surface area (Å²) in [5.41, 5.74) is 1.66. The van der Waals surface area contributed by atoms with Crippen molar-refractivity contribution in [1.29, 1.82) is 0 Å². The minimum absolute atomic E-state index is 0.0895. The number of benzene rings is 1. The van der Waals surface area contributed by atoms with E-state index in [1.165, 1.54) is 16.2 Å². The van der Waals surface area contributed by atoms with Crippen LogP contribution in [0, 0.1) is 12.8 Å². The van der Waals surface area contributed by atoms with Gasteiger partial charge in [0.05, 0.1) is 30.1 Å². The molecule has 53 heavy (non-hydrogen) atoms. The summed E-state index contributed by atoms with van der Waals surface area (Å²) in [6.07, 6.45) is 6.05. The van der Waals surface area contributed by atoms with Crippen LogP contribution in [0.2, 0.25) is 0 Å². The third-order valence-electron chi connectivity index (χ3n) is 10.7. The van der Waals surface area contributed by atoms with Gasteiger partial charge in [-0.2, -0.15) is 0 Å². The zero-order valence-electron chi connectivity index (χ0n) is 30.7. The van der Waals surface area contributed by atoms with Crippen LogP contribution in [0.3, 0.4) is 0 Å². The molecule has 2 aliphatic heterocycles. The summed E-state index contributed by atoms with van der Waals surface area (Å²) in [6.45, 7) is 8.25. The maximum atomic E-state index is 14.3. The van der Waals surface area contributed by atoms with Crippen LogP contribution in [0.4, 0.5) is 0 Å². The highest BCUT2D eigenvalue weighted by Crippen LogP contribution is 2.46. The van der Waals surface area contributed by atoms with E-state index in [9.17, 15) is 22.8 Å². The number of aryl methyl sites for hydroxylation is 1. The Kier molecular flexibility index (Phi) is 10.3. The van der Waals surface area contributed by atoms with E-state index in [4.69, 9.17) is 24.2 Å². The summed E-state index contributed by atoms with van der Waals surface area (Å²) >= 11 is 1.50. The Hall–Kier alpha value is -4.08. The molecule has 15 heteroatoms. The van der Waals surface area contributed by atoms with E-state index < -0.39 is 50.9 Å². The van der Waals surface area contributed by atoms with Crippen molar-refractivity contribution >= 4 is 50.0 Å². The third-order valence-corrected chi connectivity index (χ3v) is 13.4. The average molecular weight is 766 g/mol. The van der Waals surface area contributed by atoms with Gasteiger partial charge in [-0.15, -0.1) is 11.3 Å². The predicted octanol–water partition coefficient (Wildman–Crippen LogP) is 4.78. The number of fused-ring (bicyclic) bond motifs is 3. The fourth-order valence-corrected chi connectivity index (χ4v) is 9.49. The van der Waals surface area contributed by atoms with Crippen LogP contribution in [0.25, 0.3) is 21.6 Å². The number of aromatic nitrogens is 2. The minimum Gasteiger partial charge on any atom is -0.496 e. The van der Waals surface area contributed by atoms with E-state index in [1.807, 2.05) is 42.7 Å². The van der Waals surface area contributed by atoms with E-state index in [0.717, 1.165) is 40.9 Å². The van der Waals surface area contributed by atoms with Gasteiger partial charge in [-0.1, -0.05) is 26.0 Å². The lowest BCUT2D eigenvalue weighted by molar-refractivity contribution is -0.147. The number of nitrogens with one attached hydrogen (secondary N) is 2. The van der Waals surface area contributed by atoms with Crippen LogP contribution in [0.15, 0.2) is 35.7 Å². The predicted molar refractivity (Wildman–Crippen MR) is 200 cm³/mol. The quantitative estimate of drug-likeness (QED) is 0.305. The van der Waals surface area contributed by atoms with Gasteiger partial charge in [0.25, 0.3) is 11.8 Å². The van der Waals surface area contributed by atoms with Crippen LogP contribution >= 0.6 is 11.3 Å². The first-order valence-corrected chi connectivity index (χ1v) is 20.8. The van der Waals surface area contributed by atoms with Crippen molar-refractivity contribution in [3.8, 4) is 22.2 Å². The highest BCUT2D eigenvalue weighted by atomic mass is 32.2. The maximum absolute atomic E-state index is 14.3. The van der Waals surface area contributed by atoms with Gasteiger partial charge in [0.15, 0.2) is 0 Å². The normalized spacial score (nSPS) is 27.3. The molecule has 7 rings (SSSR count). The molecule has 0 spiro atoms. The van der Waals surface area contributed by atoms with Crippen molar-refractivity contribution in [3.05, 3.63) is 47.0 Å². The molecule has 4 heterocycles. The van der Waals surface area contributed by atoms with Crippen molar-refractivity contribution in [3.63, 3.8) is 0 Å². The van der Waals surface area contributed by atoms with E-state index in [-0.39, 0.29) is 37.1 Å². The molecule has 3 aromatic rings. The van der Waals surface area contributed by atoms with E-state index in [2.05, 4.69) is 23.9 Å². The molecule has 3 fully saturated rings. The van der Waals surface area contributed by atoms with Gasteiger partial charge in [0, 0.05) is 41.3 Å². The van der Waals surface area contributed by atoms with Crippen molar-refractivity contribution in [2.24, 2.45) is 5.92 Å². The number of rotatable bonds is 8. The Morgan fingerprint density at radius 1 is 1.17 bits per heavy atom. The molecule has 13 nitrogen and oxygen atoms in total. The van der Waals surface area contributed by atoms with Crippen LogP contribution in [-0.4, -0.2) is 90.3 Å². The molecule has 1 aromatic carbocycles. The molecule has 2 aliphatic carbocycles.